The number of ether oxygens (including phenoxy) is 1. The lowest BCUT2D eigenvalue weighted by molar-refractivity contribution is -0.384. The molecule has 5 N–H and O–H groups in total. The molecule has 0 bridgehead atoms. The van der Waals surface area contributed by atoms with E-state index in [2.05, 4.69) is 15.3 Å². The highest BCUT2D eigenvalue weighted by atomic mass is 16.6. The Morgan fingerprint density at radius 1 is 1.34 bits per heavy atom. The number of anilines is 3. The molecule has 152 valence electrons. The number of hydrogen-bond acceptors (Lipinski definition) is 9. The van der Waals surface area contributed by atoms with Crippen LogP contribution in [0.1, 0.15) is 37.8 Å². The van der Waals surface area contributed by atoms with Gasteiger partial charge < -0.3 is 21.5 Å². The summed E-state index contributed by atoms with van der Waals surface area (Å²) >= 11 is 0. The van der Waals surface area contributed by atoms with Crippen LogP contribution in [0.3, 0.4) is 0 Å². The number of nitrogens with one attached hydrogen (secondary N) is 1. The summed E-state index contributed by atoms with van der Waals surface area (Å²) in [6.45, 7) is 5.79. The van der Waals surface area contributed by atoms with Crippen LogP contribution in [-0.4, -0.2) is 27.5 Å². The molecule has 1 aromatic carbocycles. The number of benzene rings is 1. The minimum Gasteiger partial charge on any atom is -0.462 e. The molecule has 1 atom stereocenters. The lowest BCUT2D eigenvalue weighted by Gasteiger charge is -2.30. The fraction of sp³-hybridized carbons (Fsp3) is 0.316. The standard InChI is InChI=1S/C19H22N6O4/c1-9(2)8-29-18(26)13-10(3)22-17-15(16(20)23-19(21)24-17)14(13)11-5-4-6-12(7-11)25(27)28/h4-7,9,14H,8H2,1-3H3,(H5,20,21,22,23,24). The zero-order valence-corrected chi connectivity index (χ0v) is 16.3. The van der Waals surface area contributed by atoms with Gasteiger partial charge in [-0.2, -0.15) is 9.97 Å². The average Bonchev–Trinajstić information content (AvgIpc) is 2.64. The lowest BCUT2D eigenvalue weighted by atomic mass is 9.81. The van der Waals surface area contributed by atoms with Crippen LogP contribution >= 0.6 is 0 Å². The van der Waals surface area contributed by atoms with E-state index in [-0.39, 0.29) is 30.0 Å². The number of nitrogens with two attached hydrogens (primary N) is 2. The van der Waals surface area contributed by atoms with Gasteiger partial charge in [-0.25, -0.2) is 4.79 Å². The molecular weight excluding hydrogens is 376 g/mol. The summed E-state index contributed by atoms with van der Waals surface area (Å²) in [7, 11) is 0. The molecule has 1 unspecified atom stereocenters. The van der Waals surface area contributed by atoms with Crippen molar-refractivity contribution in [3.8, 4) is 0 Å². The third-order valence-electron chi connectivity index (χ3n) is 4.46. The van der Waals surface area contributed by atoms with Crippen molar-refractivity contribution in [1.82, 2.24) is 9.97 Å². The molecule has 2 aromatic rings. The smallest absolute Gasteiger partial charge is 0.336 e. The van der Waals surface area contributed by atoms with E-state index in [9.17, 15) is 14.9 Å². The van der Waals surface area contributed by atoms with E-state index in [1.54, 1.807) is 19.1 Å². The second-order valence-corrected chi connectivity index (χ2v) is 7.17. The summed E-state index contributed by atoms with van der Waals surface area (Å²) in [5, 5.41) is 14.3. The monoisotopic (exact) mass is 398 g/mol. The highest BCUT2D eigenvalue weighted by Gasteiger charge is 2.37. The van der Waals surface area contributed by atoms with Crippen molar-refractivity contribution >= 4 is 29.2 Å². The van der Waals surface area contributed by atoms with Gasteiger partial charge in [0.1, 0.15) is 11.6 Å². The van der Waals surface area contributed by atoms with Crippen LogP contribution in [0.2, 0.25) is 0 Å². The van der Waals surface area contributed by atoms with Crippen LogP contribution in [0.5, 0.6) is 0 Å². The highest BCUT2D eigenvalue weighted by molar-refractivity contribution is 5.95. The number of nitro benzene ring substituents is 1. The molecule has 0 saturated carbocycles. The summed E-state index contributed by atoms with van der Waals surface area (Å²) in [6, 6.07) is 6.02. The molecule has 29 heavy (non-hydrogen) atoms. The van der Waals surface area contributed by atoms with Crippen LogP contribution in [0.25, 0.3) is 0 Å². The Hall–Kier alpha value is -3.69. The van der Waals surface area contributed by atoms with Crippen LogP contribution in [-0.2, 0) is 9.53 Å². The second kappa shape index (κ2) is 7.74. The minimum atomic E-state index is -0.744. The maximum atomic E-state index is 12.9. The molecule has 1 aliphatic rings. The highest BCUT2D eigenvalue weighted by Crippen LogP contribution is 2.44. The van der Waals surface area contributed by atoms with Crippen molar-refractivity contribution in [1.29, 1.82) is 0 Å². The number of rotatable bonds is 5. The predicted octanol–water partition coefficient (Wildman–Crippen LogP) is 2.58. The first-order valence-electron chi connectivity index (χ1n) is 9.01. The zero-order valence-electron chi connectivity index (χ0n) is 16.3. The van der Waals surface area contributed by atoms with Crippen LogP contribution < -0.4 is 16.8 Å². The molecule has 1 aliphatic heterocycles. The first kappa shape index (κ1) is 20.1. The van der Waals surface area contributed by atoms with Gasteiger partial charge in [0, 0.05) is 23.4 Å². The topological polar surface area (TPSA) is 159 Å². The molecule has 10 heteroatoms. The van der Waals surface area contributed by atoms with Gasteiger partial charge in [-0.05, 0) is 18.4 Å². The number of esters is 1. The van der Waals surface area contributed by atoms with E-state index in [0.717, 1.165) is 0 Å². The van der Waals surface area contributed by atoms with Gasteiger partial charge in [-0.15, -0.1) is 0 Å². The van der Waals surface area contributed by atoms with E-state index in [1.807, 2.05) is 13.8 Å². The summed E-state index contributed by atoms with van der Waals surface area (Å²) in [5.74, 6) is -0.727. The van der Waals surface area contributed by atoms with Crippen LogP contribution in [0, 0.1) is 16.0 Å². The van der Waals surface area contributed by atoms with E-state index < -0.39 is 16.8 Å². The summed E-state index contributed by atoms with van der Waals surface area (Å²) in [4.78, 5) is 31.9. The number of carbonyl (C=O) groups excluding carboxylic acids is 1. The predicted molar refractivity (Wildman–Crippen MR) is 108 cm³/mol. The zero-order chi connectivity index (χ0) is 21.3. The third-order valence-corrected chi connectivity index (χ3v) is 4.46. The third kappa shape index (κ3) is 3.96. The molecule has 3 rings (SSSR count). The van der Waals surface area contributed by atoms with E-state index in [4.69, 9.17) is 16.2 Å². The Balaban J connectivity index is 2.20. The Bertz CT molecular complexity index is 1020. The number of nitrogen functional groups attached to an aromatic ring is 2. The van der Waals surface area contributed by atoms with E-state index >= 15 is 0 Å². The van der Waals surface area contributed by atoms with Crippen molar-refractivity contribution < 1.29 is 14.5 Å². The van der Waals surface area contributed by atoms with Crippen molar-refractivity contribution in [2.24, 2.45) is 5.92 Å². The van der Waals surface area contributed by atoms with Gasteiger partial charge in [0.2, 0.25) is 5.95 Å². The Labute approximate surface area is 167 Å². The number of nitrogens with zero attached hydrogens (tertiary/aromatic N) is 3. The molecule has 0 fully saturated rings. The van der Waals surface area contributed by atoms with Gasteiger partial charge in [0.05, 0.1) is 23.0 Å². The molecule has 0 radical (unpaired) electrons. The normalized spacial score (nSPS) is 15.7. The molecule has 0 aliphatic carbocycles. The lowest BCUT2D eigenvalue weighted by Crippen LogP contribution is -2.27. The maximum absolute atomic E-state index is 12.9. The Morgan fingerprint density at radius 3 is 2.72 bits per heavy atom. The Morgan fingerprint density at radius 2 is 2.07 bits per heavy atom. The first-order valence-corrected chi connectivity index (χ1v) is 9.01. The van der Waals surface area contributed by atoms with Gasteiger partial charge >= 0.3 is 5.97 Å². The van der Waals surface area contributed by atoms with Crippen LogP contribution in [0.4, 0.5) is 23.3 Å². The van der Waals surface area contributed by atoms with Gasteiger partial charge in [0.25, 0.3) is 5.69 Å². The summed E-state index contributed by atoms with van der Waals surface area (Å²) < 4.78 is 5.44. The number of carbonyl (C=O) groups is 1. The summed E-state index contributed by atoms with van der Waals surface area (Å²) in [6.07, 6.45) is 0. The number of allylic oxidation sites excluding steroid dienone is 1. The second-order valence-electron chi connectivity index (χ2n) is 7.17. The molecule has 0 spiro atoms. The number of fused-ring (bicyclic) bond motifs is 1. The summed E-state index contributed by atoms with van der Waals surface area (Å²) in [5.41, 5.74) is 13.4. The average molecular weight is 398 g/mol. The molecule has 1 aromatic heterocycles. The fourth-order valence-corrected chi connectivity index (χ4v) is 3.23. The number of hydrogen-bond donors (Lipinski definition) is 3. The van der Waals surface area contributed by atoms with E-state index in [1.165, 1.54) is 12.1 Å². The van der Waals surface area contributed by atoms with Gasteiger partial charge in [0.15, 0.2) is 0 Å². The molecule has 10 nitrogen and oxygen atoms in total. The molecule has 2 heterocycles. The first-order chi connectivity index (χ1) is 13.7. The van der Waals surface area contributed by atoms with Crippen LogP contribution in [0.15, 0.2) is 35.5 Å². The number of nitro groups is 1. The van der Waals surface area contributed by atoms with Crippen molar-refractivity contribution in [3.05, 3.63) is 56.8 Å². The maximum Gasteiger partial charge on any atom is 0.336 e. The molecule has 0 saturated heterocycles. The van der Waals surface area contributed by atoms with Gasteiger partial charge in [-0.1, -0.05) is 26.0 Å². The van der Waals surface area contributed by atoms with Crippen molar-refractivity contribution in [2.75, 3.05) is 23.4 Å². The van der Waals surface area contributed by atoms with Crippen molar-refractivity contribution in [3.63, 3.8) is 0 Å². The SMILES string of the molecule is CC1=C(C(=O)OCC(C)C)C(c2cccc([N+](=O)[O-])c2)c2c(N)nc(N)nc2N1. The van der Waals surface area contributed by atoms with E-state index in [0.29, 0.717) is 28.2 Å². The quantitative estimate of drug-likeness (QED) is 0.391. The number of aromatic nitrogens is 2. The van der Waals surface area contributed by atoms with Gasteiger partial charge in [-0.3, -0.25) is 10.1 Å². The molecule has 0 amide bonds. The van der Waals surface area contributed by atoms with Crippen molar-refractivity contribution in [2.45, 2.75) is 26.7 Å². The minimum absolute atomic E-state index is 0.0230. The Kier molecular flexibility index (Phi) is 5.35. The largest absolute Gasteiger partial charge is 0.462 e. The fourth-order valence-electron chi connectivity index (χ4n) is 3.23. The number of non-ortho nitro benzene ring substituents is 1. The molecular formula is C19H22N6O4.